The molecule has 0 bridgehead atoms. The van der Waals surface area contributed by atoms with Gasteiger partial charge in [-0.3, -0.25) is 14.9 Å². The first-order chi connectivity index (χ1) is 12.0. The number of anilines is 1. The van der Waals surface area contributed by atoms with Crippen molar-refractivity contribution in [1.82, 2.24) is 14.5 Å². The summed E-state index contributed by atoms with van der Waals surface area (Å²) in [5, 5.41) is 2.78. The molecular weight excluding hydrogens is 316 g/mol. The largest absolute Gasteiger partial charge is 0.325 e. The van der Waals surface area contributed by atoms with Gasteiger partial charge in [-0.1, -0.05) is 27.2 Å². The van der Waals surface area contributed by atoms with Gasteiger partial charge in [-0.05, 0) is 42.7 Å². The molecule has 1 unspecified atom stereocenters. The number of H-pyrrole nitrogens is 1. The van der Waals surface area contributed by atoms with Crippen molar-refractivity contribution < 1.29 is 4.79 Å². The molecule has 0 aliphatic heterocycles. The molecule has 2 N–H and O–H groups in total. The van der Waals surface area contributed by atoms with Crippen molar-refractivity contribution in [2.24, 2.45) is 11.8 Å². The Bertz CT molecular complexity index is 819. The highest BCUT2D eigenvalue weighted by Crippen LogP contribution is 2.26. The summed E-state index contributed by atoms with van der Waals surface area (Å²) < 4.78 is 1.89. The number of carbonyl (C=O) groups excluding carboxylic acids is 1. The van der Waals surface area contributed by atoms with Crippen LogP contribution in [0.15, 0.2) is 23.3 Å². The number of fused-ring (bicyclic) bond motifs is 1. The lowest BCUT2D eigenvalue weighted by Gasteiger charge is -2.23. The Kier molecular flexibility index (Phi) is 5.06. The fourth-order valence-electron chi connectivity index (χ4n) is 3.44. The number of hydrogen-bond donors (Lipinski definition) is 2. The van der Waals surface area contributed by atoms with Crippen LogP contribution in [0.3, 0.4) is 0 Å². The summed E-state index contributed by atoms with van der Waals surface area (Å²) in [4.78, 5) is 32.1. The topological polar surface area (TPSA) is 79.8 Å². The number of hydrogen-bond acceptors (Lipinski definition) is 3. The fourth-order valence-corrected chi connectivity index (χ4v) is 3.44. The quantitative estimate of drug-likeness (QED) is 0.876. The summed E-state index contributed by atoms with van der Waals surface area (Å²) in [6.07, 6.45) is 7.50. The molecule has 3 rings (SSSR count). The molecule has 134 valence electrons. The van der Waals surface area contributed by atoms with Gasteiger partial charge in [-0.15, -0.1) is 0 Å². The molecule has 1 aliphatic rings. The van der Waals surface area contributed by atoms with Crippen LogP contribution in [-0.4, -0.2) is 20.4 Å². The molecule has 0 fully saturated rings. The zero-order valence-corrected chi connectivity index (χ0v) is 15.1. The van der Waals surface area contributed by atoms with Gasteiger partial charge < -0.3 is 9.55 Å². The zero-order valence-electron chi connectivity index (χ0n) is 15.1. The Morgan fingerprint density at radius 2 is 2.28 bits per heavy atom. The molecule has 2 aromatic heterocycles. The van der Waals surface area contributed by atoms with E-state index in [-0.39, 0.29) is 11.1 Å². The van der Waals surface area contributed by atoms with Gasteiger partial charge in [0.1, 0.15) is 5.56 Å². The third-order valence-electron chi connectivity index (χ3n) is 4.85. The third-order valence-corrected chi connectivity index (χ3v) is 4.85. The van der Waals surface area contributed by atoms with E-state index in [2.05, 4.69) is 36.1 Å². The number of rotatable bonds is 5. The number of imidazole rings is 1. The normalized spacial score (nSPS) is 16.7. The molecule has 6 nitrogen and oxygen atoms in total. The van der Waals surface area contributed by atoms with E-state index in [4.69, 9.17) is 0 Å². The molecule has 1 atom stereocenters. The summed E-state index contributed by atoms with van der Waals surface area (Å²) in [7, 11) is 0. The Morgan fingerprint density at radius 3 is 3.00 bits per heavy atom. The number of carbonyl (C=O) groups is 1. The second kappa shape index (κ2) is 7.25. The molecule has 1 aliphatic carbocycles. The van der Waals surface area contributed by atoms with Crippen LogP contribution in [0.25, 0.3) is 0 Å². The second-order valence-electron chi connectivity index (χ2n) is 7.28. The minimum atomic E-state index is -0.404. The van der Waals surface area contributed by atoms with Gasteiger partial charge in [0.2, 0.25) is 5.95 Å². The van der Waals surface area contributed by atoms with Crippen LogP contribution in [0.1, 0.15) is 55.2 Å². The predicted molar refractivity (Wildman–Crippen MR) is 97.9 cm³/mol. The monoisotopic (exact) mass is 342 g/mol. The first kappa shape index (κ1) is 17.5. The zero-order chi connectivity index (χ0) is 18.0. The molecule has 2 aromatic rings. The average molecular weight is 342 g/mol. The molecule has 0 aromatic carbocycles. The number of amides is 1. The van der Waals surface area contributed by atoms with E-state index in [1.807, 2.05) is 10.8 Å². The maximum atomic E-state index is 12.6. The molecular formula is C19H26N4O2. The van der Waals surface area contributed by atoms with E-state index in [1.165, 1.54) is 0 Å². The van der Waals surface area contributed by atoms with Crippen molar-refractivity contribution in [2.75, 3.05) is 5.32 Å². The minimum absolute atomic E-state index is 0.162. The highest BCUT2D eigenvalue weighted by molar-refractivity contribution is 6.03. The van der Waals surface area contributed by atoms with Gasteiger partial charge in [-0.25, -0.2) is 4.98 Å². The van der Waals surface area contributed by atoms with Crippen molar-refractivity contribution in [3.05, 3.63) is 45.6 Å². The Morgan fingerprint density at radius 1 is 1.48 bits per heavy atom. The molecule has 1 amide bonds. The van der Waals surface area contributed by atoms with Crippen LogP contribution in [0.2, 0.25) is 0 Å². The van der Waals surface area contributed by atoms with Gasteiger partial charge in [0.25, 0.3) is 11.5 Å². The summed E-state index contributed by atoms with van der Waals surface area (Å²) >= 11 is 0. The molecule has 0 saturated carbocycles. The molecule has 0 saturated heterocycles. The number of nitrogens with zero attached hydrogens (tertiary/aromatic N) is 2. The van der Waals surface area contributed by atoms with Gasteiger partial charge >= 0.3 is 0 Å². The van der Waals surface area contributed by atoms with Crippen LogP contribution in [0, 0.1) is 11.8 Å². The van der Waals surface area contributed by atoms with Crippen LogP contribution in [0.4, 0.5) is 5.95 Å². The van der Waals surface area contributed by atoms with Gasteiger partial charge in [0.05, 0.1) is 0 Å². The SMILES string of the molecule is CCC1CCc2[nH]c(=O)c(C(=O)Nc3nccn3CC(C)C)cc2C1. The van der Waals surface area contributed by atoms with E-state index in [0.29, 0.717) is 17.8 Å². The van der Waals surface area contributed by atoms with E-state index in [1.54, 1.807) is 12.3 Å². The molecule has 0 spiro atoms. The smallest absolute Gasteiger partial charge is 0.263 e. The average Bonchev–Trinajstić information content (AvgIpc) is 2.99. The summed E-state index contributed by atoms with van der Waals surface area (Å²) in [6.45, 7) is 7.14. The van der Waals surface area contributed by atoms with Crippen molar-refractivity contribution in [3.63, 3.8) is 0 Å². The molecule has 0 radical (unpaired) electrons. The molecule has 2 heterocycles. The van der Waals surface area contributed by atoms with E-state index in [0.717, 1.165) is 43.5 Å². The summed E-state index contributed by atoms with van der Waals surface area (Å²) in [6, 6.07) is 1.76. The maximum absolute atomic E-state index is 12.6. The first-order valence-corrected chi connectivity index (χ1v) is 9.05. The van der Waals surface area contributed by atoms with E-state index < -0.39 is 5.91 Å². The third kappa shape index (κ3) is 3.83. The van der Waals surface area contributed by atoms with Crippen LogP contribution < -0.4 is 10.9 Å². The number of aryl methyl sites for hydroxylation is 1. The van der Waals surface area contributed by atoms with Crippen LogP contribution >= 0.6 is 0 Å². The molecule has 6 heteroatoms. The minimum Gasteiger partial charge on any atom is -0.325 e. The lowest BCUT2D eigenvalue weighted by molar-refractivity contribution is 0.102. The number of nitrogens with one attached hydrogen (secondary N) is 2. The molecule has 25 heavy (non-hydrogen) atoms. The van der Waals surface area contributed by atoms with Crippen molar-refractivity contribution in [3.8, 4) is 0 Å². The van der Waals surface area contributed by atoms with Crippen molar-refractivity contribution >= 4 is 11.9 Å². The summed E-state index contributed by atoms with van der Waals surface area (Å²) in [5.74, 6) is 1.13. The lowest BCUT2D eigenvalue weighted by atomic mass is 9.84. The lowest BCUT2D eigenvalue weighted by Crippen LogP contribution is -2.28. The predicted octanol–water partition coefficient (Wildman–Crippen LogP) is 2.99. The van der Waals surface area contributed by atoms with Crippen molar-refractivity contribution in [1.29, 1.82) is 0 Å². The number of aromatic amines is 1. The highest BCUT2D eigenvalue weighted by Gasteiger charge is 2.22. The number of aromatic nitrogens is 3. The number of pyridine rings is 1. The fraction of sp³-hybridized carbons (Fsp3) is 0.526. The van der Waals surface area contributed by atoms with Gasteiger partial charge in [0, 0.05) is 24.6 Å². The van der Waals surface area contributed by atoms with Crippen molar-refractivity contribution in [2.45, 2.75) is 53.0 Å². The maximum Gasteiger partial charge on any atom is 0.263 e. The Hall–Kier alpha value is -2.37. The van der Waals surface area contributed by atoms with E-state index >= 15 is 0 Å². The Labute approximate surface area is 147 Å². The highest BCUT2D eigenvalue weighted by atomic mass is 16.2. The van der Waals surface area contributed by atoms with Gasteiger partial charge in [-0.2, -0.15) is 0 Å². The van der Waals surface area contributed by atoms with Crippen LogP contribution in [0.5, 0.6) is 0 Å². The Balaban J connectivity index is 1.83. The second-order valence-corrected chi connectivity index (χ2v) is 7.28. The van der Waals surface area contributed by atoms with Crippen LogP contribution in [-0.2, 0) is 19.4 Å². The van der Waals surface area contributed by atoms with E-state index in [9.17, 15) is 9.59 Å². The standard InChI is InChI=1S/C19H26N4O2/c1-4-13-5-6-16-14(9-13)10-15(17(24)21-16)18(25)22-19-20-7-8-23(19)11-12(2)3/h7-8,10,12-13H,4-6,9,11H2,1-3H3,(H,21,24)(H,20,22,25). The summed E-state index contributed by atoms with van der Waals surface area (Å²) in [5.41, 5.74) is 1.91. The first-order valence-electron chi connectivity index (χ1n) is 9.05. The van der Waals surface area contributed by atoms with Gasteiger partial charge in [0.15, 0.2) is 0 Å².